The molecule has 4 aromatic carbocycles. The second-order valence-electron chi connectivity index (χ2n) is 9.70. The number of amides is 1. The Morgan fingerprint density at radius 3 is 2.45 bits per heavy atom. The van der Waals surface area contributed by atoms with Crippen molar-refractivity contribution in [1.29, 1.82) is 0 Å². The van der Waals surface area contributed by atoms with Crippen LogP contribution in [-0.4, -0.2) is 30.2 Å². The molecule has 2 N–H and O–H groups in total. The molecule has 0 radical (unpaired) electrons. The van der Waals surface area contributed by atoms with Crippen molar-refractivity contribution >= 4 is 44.7 Å². The van der Waals surface area contributed by atoms with Crippen LogP contribution in [0.4, 0.5) is 4.79 Å². The number of alkyl carbamates (subject to hydrolysis) is 1. The van der Waals surface area contributed by atoms with E-state index in [2.05, 4.69) is 10.3 Å². The van der Waals surface area contributed by atoms with Gasteiger partial charge in [0.05, 0.1) is 12.5 Å². The lowest BCUT2D eigenvalue weighted by atomic mass is 10.0. The molecule has 0 unspecified atom stereocenters. The second-order valence-corrected chi connectivity index (χ2v) is 9.70. The predicted octanol–water partition coefficient (Wildman–Crippen LogP) is 5.88. The number of para-hydroxylation sites is 1. The molecule has 0 aliphatic rings. The van der Waals surface area contributed by atoms with Gasteiger partial charge in [0.1, 0.15) is 29.7 Å². The van der Waals surface area contributed by atoms with Crippen LogP contribution in [0.15, 0.2) is 106 Å². The van der Waals surface area contributed by atoms with Gasteiger partial charge in [0.15, 0.2) is 0 Å². The van der Waals surface area contributed by atoms with Crippen molar-refractivity contribution in [3.8, 4) is 11.5 Å². The van der Waals surface area contributed by atoms with Crippen LogP contribution in [0.1, 0.15) is 11.1 Å². The molecule has 1 atom stereocenters. The van der Waals surface area contributed by atoms with E-state index in [9.17, 15) is 14.4 Å². The average molecular weight is 563 g/mol. The number of esters is 1. The number of carbonyl (C=O) groups is 2. The monoisotopic (exact) mass is 562 g/mol. The van der Waals surface area contributed by atoms with E-state index in [4.69, 9.17) is 18.6 Å². The maximum absolute atomic E-state index is 13.5. The summed E-state index contributed by atoms with van der Waals surface area (Å²) in [6.07, 6.45) is 1.19. The number of hydrogen-bond donors (Lipinski definition) is 2. The first kappa shape index (κ1) is 26.6. The van der Waals surface area contributed by atoms with Crippen LogP contribution in [0.5, 0.6) is 11.5 Å². The molecule has 9 nitrogen and oxygen atoms in total. The largest absolute Gasteiger partial charge is 0.497 e. The molecular weight excluding hydrogens is 536 g/mol. The van der Waals surface area contributed by atoms with Crippen molar-refractivity contribution in [2.24, 2.45) is 0 Å². The summed E-state index contributed by atoms with van der Waals surface area (Å²) in [7, 11) is 1.52. The molecule has 0 aliphatic carbocycles. The number of rotatable bonds is 8. The van der Waals surface area contributed by atoms with Crippen LogP contribution in [0.2, 0.25) is 0 Å². The molecule has 1 amide bonds. The molecular formula is C33H26N2O7. The van der Waals surface area contributed by atoms with Gasteiger partial charge in [-0.15, -0.1) is 0 Å². The highest BCUT2D eigenvalue weighted by molar-refractivity contribution is 6.05. The number of H-pyrrole nitrogens is 1. The van der Waals surface area contributed by atoms with E-state index in [1.165, 1.54) is 13.2 Å². The summed E-state index contributed by atoms with van der Waals surface area (Å²) in [5.41, 5.74) is 2.25. The van der Waals surface area contributed by atoms with Gasteiger partial charge in [-0.1, -0.05) is 48.5 Å². The Morgan fingerprint density at radius 2 is 1.62 bits per heavy atom. The fraction of sp³-hybridized carbons (Fsp3) is 0.121. The molecule has 0 aliphatic heterocycles. The van der Waals surface area contributed by atoms with Crippen LogP contribution in [0.25, 0.3) is 32.6 Å². The van der Waals surface area contributed by atoms with E-state index in [1.54, 1.807) is 36.5 Å². The van der Waals surface area contributed by atoms with E-state index in [0.29, 0.717) is 21.9 Å². The fourth-order valence-electron chi connectivity index (χ4n) is 4.89. The van der Waals surface area contributed by atoms with Crippen LogP contribution in [0, 0.1) is 0 Å². The topological polar surface area (TPSA) is 120 Å². The third kappa shape index (κ3) is 5.53. The number of aromatic nitrogens is 1. The standard InChI is InChI=1S/C33H26N2O7/c1-39-22-11-13-25-26-14-12-23(17-30(26)42-31(36)27(25)16-22)41-32(37)29(15-21-18-34-28-10-6-5-9-24(21)28)35-33(38)40-19-20-7-3-2-4-8-20/h2-14,16-18,29,34H,15,19H2,1H3,(H,35,38)/t29-/m1/s1. The minimum Gasteiger partial charge on any atom is -0.497 e. The Labute approximate surface area is 239 Å². The summed E-state index contributed by atoms with van der Waals surface area (Å²) < 4.78 is 21.8. The van der Waals surface area contributed by atoms with Crippen molar-refractivity contribution in [2.75, 3.05) is 7.11 Å². The smallest absolute Gasteiger partial charge is 0.408 e. The number of methoxy groups -OCH3 is 1. The van der Waals surface area contributed by atoms with E-state index in [1.807, 2.05) is 54.6 Å². The fourth-order valence-corrected chi connectivity index (χ4v) is 4.89. The van der Waals surface area contributed by atoms with Crippen molar-refractivity contribution in [2.45, 2.75) is 19.1 Å². The van der Waals surface area contributed by atoms with E-state index >= 15 is 0 Å². The quantitative estimate of drug-likeness (QED) is 0.103. The summed E-state index contributed by atoms with van der Waals surface area (Å²) in [5.74, 6) is -0.00760. The van der Waals surface area contributed by atoms with E-state index < -0.39 is 23.7 Å². The number of carbonyl (C=O) groups excluding carboxylic acids is 2. The van der Waals surface area contributed by atoms with E-state index in [-0.39, 0.29) is 24.4 Å². The Kier molecular flexibility index (Phi) is 7.30. The van der Waals surface area contributed by atoms with Crippen molar-refractivity contribution in [1.82, 2.24) is 10.3 Å². The van der Waals surface area contributed by atoms with Gasteiger partial charge >= 0.3 is 17.7 Å². The Hall–Kier alpha value is -5.57. The number of benzene rings is 4. The lowest BCUT2D eigenvalue weighted by molar-refractivity contribution is -0.136. The van der Waals surface area contributed by atoms with E-state index in [0.717, 1.165) is 22.0 Å². The van der Waals surface area contributed by atoms with Crippen LogP contribution in [-0.2, 0) is 22.6 Å². The zero-order valence-corrected chi connectivity index (χ0v) is 22.6. The van der Waals surface area contributed by atoms with Gasteiger partial charge < -0.3 is 28.9 Å². The van der Waals surface area contributed by atoms with Crippen molar-refractivity contribution in [3.05, 3.63) is 119 Å². The van der Waals surface area contributed by atoms with Crippen LogP contribution < -0.4 is 20.4 Å². The van der Waals surface area contributed by atoms with Crippen molar-refractivity contribution < 1.29 is 28.2 Å². The molecule has 42 heavy (non-hydrogen) atoms. The van der Waals surface area contributed by atoms with Gasteiger partial charge in [-0.2, -0.15) is 0 Å². The lowest BCUT2D eigenvalue weighted by Gasteiger charge is -2.18. The molecule has 9 heteroatoms. The highest BCUT2D eigenvalue weighted by Gasteiger charge is 2.26. The molecule has 0 bridgehead atoms. The molecule has 2 heterocycles. The zero-order valence-electron chi connectivity index (χ0n) is 22.6. The maximum atomic E-state index is 13.5. The summed E-state index contributed by atoms with van der Waals surface area (Å²) in [5, 5.41) is 5.31. The lowest BCUT2D eigenvalue weighted by Crippen LogP contribution is -2.44. The average Bonchev–Trinajstić information content (AvgIpc) is 3.42. The van der Waals surface area contributed by atoms with Gasteiger partial charge in [-0.05, 0) is 47.5 Å². The van der Waals surface area contributed by atoms with Gasteiger partial charge in [-0.25, -0.2) is 14.4 Å². The Bertz CT molecular complexity index is 1980. The predicted molar refractivity (Wildman–Crippen MR) is 158 cm³/mol. The molecule has 6 rings (SSSR count). The number of ether oxygens (including phenoxy) is 3. The molecule has 0 saturated heterocycles. The molecule has 2 aromatic heterocycles. The molecule has 210 valence electrons. The first-order chi connectivity index (χ1) is 20.5. The van der Waals surface area contributed by atoms with Crippen LogP contribution >= 0.6 is 0 Å². The SMILES string of the molecule is COc1ccc2c(c1)c(=O)oc1cc(OC(=O)[C@@H](Cc3c[nH]c4ccccc34)NC(=O)OCc3ccccc3)ccc12. The van der Waals surface area contributed by atoms with Gasteiger partial charge in [-0.3, -0.25) is 0 Å². The molecule has 0 spiro atoms. The van der Waals surface area contributed by atoms with Crippen molar-refractivity contribution in [3.63, 3.8) is 0 Å². The Morgan fingerprint density at radius 1 is 0.857 bits per heavy atom. The highest BCUT2D eigenvalue weighted by Crippen LogP contribution is 2.29. The van der Waals surface area contributed by atoms with Gasteiger partial charge in [0.2, 0.25) is 0 Å². The summed E-state index contributed by atoms with van der Waals surface area (Å²) >= 11 is 0. The number of fused-ring (bicyclic) bond motifs is 4. The normalized spacial score (nSPS) is 11.8. The number of nitrogens with one attached hydrogen (secondary N) is 2. The van der Waals surface area contributed by atoms with Gasteiger partial charge in [0, 0.05) is 40.4 Å². The Balaban J connectivity index is 1.26. The minimum absolute atomic E-state index is 0.0467. The minimum atomic E-state index is -1.07. The first-order valence-electron chi connectivity index (χ1n) is 13.3. The molecule has 6 aromatic rings. The highest BCUT2D eigenvalue weighted by atomic mass is 16.6. The third-order valence-electron chi connectivity index (χ3n) is 7.00. The first-order valence-corrected chi connectivity index (χ1v) is 13.3. The van der Waals surface area contributed by atoms with Crippen LogP contribution in [0.3, 0.4) is 0 Å². The zero-order chi connectivity index (χ0) is 29.1. The summed E-state index contributed by atoms with van der Waals surface area (Å²) in [6, 6.07) is 25.8. The maximum Gasteiger partial charge on any atom is 0.408 e. The molecule has 0 saturated carbocycles. The number of aromatic amines is 1. The summed E-state index contributed by atoms with van der Waals surface area (Å²) in [4.78, 5) is 42.1. The third-order valence-corrected chi connectivity index (χ3v) is 7.00. The number of hydrogen-bond acceptors (Lipinski definition) is 7. The second kappa shape index (κ2) is 11.5. The summed E-state index contributed by atoms with van der Waals surface area (Å²) in [6.45, 7) is 0.0467. The van der Waals surface area contributed by atoms with Gasteiger partial charge in [0.25, 0.3) is 0 Å². The molecule has 0 fully saturated rings.